The first-order valence-corrected chi connectivity index (χ1v) is 8.32. The van der Waals surface area contributed by atoms with E-state index >= 15 is 0 Å². The van der Waals surface area contributed by atoms with Gasteiger partial charge in [-0.1, -0.05) is 24.3 Å². The molecule has 0 saturated carbocycles. The number of nitrogens with one attached hydrogen (secondary N) is 1. The summed E-state index contributed by atoms with van der Waals surface area (Å²) >= 11 is 0. The van der Waals surface area contributed by atoms with Crippen LogP contribution in [0.4, 0.5) is 5.82 Å². The van der Waals surface area contributed by atoms with Gasteiger partial charge in [0.15, 0.2) is 5.96 Å². The Hall–Kier alpha value is -1.83. The Labute approximate surface area is 167 Å². The van der Waals surface area contributed by atoms with E-state index in [4.69, 9.17) is 0 Å². The van der Waals surface area contributed by atoms with Crippen LogP contribution >= 0.6 is 24.0 Å². The number of aromatic nitrogens is 1. The van der Waals surface area contributed by atoms with Crippen LogP contribution in [-0.2, 0) is 19.5 Å². The molecule has 0 unspecified atom stereocenters. The number of rotatable bonds is 3. The second-order valence-corrected chi connectivity index (χ2v) is 6.26. The second-order valence-electron chi connectivity index (χ2n) is 6.26. The first kappa shape index (κ1) is 19.5. The molecule has 6 heteroatoms. The summed E-state index contributed by atoms with van der Waals surface area (Å²) in [7, 11) is 5.86. The molecule has 0 fully saturated rings. The molecule has 1 aromatic heterocycles. The number of halogens is 1. The van der Waals surface area contributed by atoms with Crippen molar-refractivity contribution in [3.05, 3.63) is 59.3 Å². The van der Waals surface area contributed by atoms with Gasteiger partial charge in [-0.05, 0) is 35.2 Å². The maximum absolute atomic E-state index is 4.46. The molecule has 0 radical (unpaired) electrons. The van der Waals surface area contributed by atoms with Gasteiger partial charge in [-0.15, -0.1) is 24.0 Å². The molecule has 1 aromatic carbocycles. The van der Waals surface area contributed by atoms with Crippen LogP contribution < -0.4 is 10.2 Å². The van der Waals surface area contributed by atoms with Crippen molar-refractivity contribution in [3.8, 4) is 0 Å². The van der Waals surface area contributed by atoms with Crippen LogP contribution in [0.2, 0.25) is 0 Å². The van der Waals surface area contributed by atoms with E-state index in [1.807, 2.05) is 38.3 Å². The zero-order valence-corrected chi connectivity index (χ0v) is 17.4. The summed E-state index contributed by atoms with van der Waals surface area (Å²) in [5.41, 5.74) is 4.05. The lowest BCUT2D eigenvalue weighted by molar-refractivity contribution is 0.378. The molecule has 1 aliphatic rings. The minimum absolute atomic E-state index is 0. The van der Waals surface area contributed by atoms with Crippen LogP contribution in [0.15, 0.2) is 47.6 Å². The quantitative estimate of drug-likeness (QED) is 0.443. The molecule has 2 heterocycles. The van der Waals surface area contributed by atoms with Crippen molar-refractivity contribution in [2.75, 3.05) is 32.6 Å². The molecule has 2 aromatic rings. The minimum atomic E-state index is 0. The Morgan fingerprint density at radius 3 is 2.72 bits per heavy atom. The highest BCUT2D eigenvalue weighted by atomic mass is 127. The van der Waals surface area contributed by atoms with E-state index in [9.17, 15) is 0 Å². The van der Waals surface area contributed by atoms with Crippen molar-refractivity contribution < 1.29 is 0 Å². The van der Waals surface area contributed by atoms with E-state index in [0.717, 1.165) is 37.8 Å². The molecule has 0 saturated heterocycles. The van der Waals surface area contributed by atoms with E-state index in [1.54, 1.807) is 0 Å². The summed E-state index contributed by atoms with van der Waals surface area (Å²) in [5, 5.41) is 3.48. The van der Waals surface area contributed by atoms with Crippen molar-refractivity contribution in [3.63, 3.8) is 0 Å². The Morgan fingerprint density at radius 1 is 1.24 bits per heavy atom. The van der Waals surface area contributed by atoms with Crippen molar-refractivity contribution >= 4 is 35.8 Å². The molecule has 0 amide bonds. The normalized spacial score (nSPS) is 13.7. The predicted molar refractivity (Wildman–Crippen MR) is 115 cm³/mol. The fraction of sp³-hybridized carbons (Fsp3) is 0.368. The maximum Gasteiger partial charge on any atom is 0.194 e. The SMILES string of the molecule is CN=C(NCc1ccnc(N(C)C)c1)N1CCc2ccccc2C1.I. The van der Waals surface area contributed by atoms with Crippen LogP contribution in [0.25, 0.3) is 0 Å². The summed E-state index contributed by atoms with van der Waals surface area (Å²) in [6.07, 6.45) is 2.92. The van der Waals surface area contributed by atoms with Crippen LogP contribution in [0.5, 0.6) is 0 Å². The number of hydrogen-bond acceptors (Lipinski definition) is 3. The summed E-state index contributed by atoms with van der Waals surface area (Å²) in [6.45, 7) is 2.65. The molecule has 134 valence electrons. The molecule has 0 bridgehead atoms. The maximum atomic E-state index is 4.46. The lowest BCUT2D eigenvalue weighted by Crippen LogP contribution is -2.43. The summed E-state index contributed by atoms with van der Waals surface area (Å²) in [4.78, 5) is 13.2. The topological polar surface area (TPSA) is 43.8 Å². The smallest absolute Gasteiger partial charge is 0.194 e. The first-order chi connectivity index (χ1) is 11.7. The number of hydrogen-bond donors (Lipinski definition) is 1. The monoisotopic (exact) mass is 451 g/mol. The van der Waals surface area contributed by atoms with Crippen molar-refractivity contribution in [1.82, 2.24) is 15.2 Å². The third kappa shape index (κ3) is 4.84. The van der Waals surface area contributed by atoms with E-state index in [1.165, 1.54) is 16.7 Å². The standard InChI is InChI=1S/C19H25N5.HI/c1-20-19(22-13-15-8-10-21-18(12-15)23(2)3)24-11-9-16-6-4-5-7-17(16)14-24;/h4-8,10,12H,9,11,13-14H2,1-3H3,(H,20,22);1H. The molecular formula is C19H26IN5. The number of benzene rings is 1. The largest absolute Gasteiger partial charge is 0.363 e. The molecule has 1 aliphatic heterocycles. The number of guanidine groups is 1. The first-order valence-electron chi connectivity index (χ1n) is 8.32. The third-order valence-electron chi connectivity index (χ3n) is 4.36. The minimum Gasteiger partial charge on any atom is -0.363 e. The van der Waals surface area contributed by atoms with Gasteiger partial charge in [0.25, 0.3) is 0 Å². The zero-order chi connectivity index (χ0) is 16.9. The Morgan fingerprint density at radius 2 is 2.00 bits per heavy atom. The van der Waals surface area contributed by atoms with Gasteiger partial charge in [0, 0.05) is 47.0 Å². The molecule has 0 atom stereocenters. The van der Waals surface area contributed by atoms with Gasteiger partial charge < -0.3 is 15.1 Å². The van der Waals surface area contributed by atoms with E-state index in [-0.39, 0.29) is 24.0 Å². The molecular weight excluding hydrogens is 425 g/mol. The van der Waals surface area contributed by atoms with Crippen molar-refractivity contribution in [2.24, 2.45) is 4.99 Å². The van der Waals surface area contributed by atoms with E-state index in [2.05, 4.69) is 50.5 Å². The van der Waals surface area contributed by atoms with Crippen LogP contribution in [0.3, 0.4) is 0 Å². The van der Waals surface area contributed by atoms with Gasteiger partial charge in [-0.2, -0.15) is 0 Å². The van der Waals surface area contributed by atoms with Crippen LogP contribution in [0, 0.1) is 0 Å². The summed E-state index contributed by atoms with van der Waals surface area (Å²) < 4.78 is 0. The van der Waals surface area contributed by atoms with Crippen LogP contribution in [0.1, 0.15) is 16.7 Å². The molecule has 1 N–H and O–H groups in total. The predicted octanol–water partition coefficient (Wildman–Crippen LogP) is 2.90. The summed E-state index contributed by atoms with van der Waals surface area (Å²) in [6, 6.07) is 12.8. The van der Waals surface area contributed by atoms with Gasteiger partial charge in [-0.3, -0.25) is 4.99 Å². The molecule has 0 spiro atoms. The Kier molecular flexibility index (Phi) is 7.04. The highest BCUT2D eigenvalue weighted by molar-refractivity contribution is 14.0. The molecule has 0 aliphatic carbocycles. The van der Waals surface area contributed by atoms with Crippen LogP contribution in [-0.4, -0.2) is 43.5 Å². The van der Waals surface area contributed by atoms with Gasteiger partial charge in [0.2, 0.25) is 0 Å². The van der Waals surface area contributed by atoms with Crippen molar-refractivity contribution in [2.45, 2.75) is 19.5 Å². The third-order valence-corrected chi connectivity index (χ3v) is 4.36. The fourth-order valence-corrected chi connectivity index (χ4v) is 3.01. The highest BCUT2D eigenvalue weighted by Gasteiger charge is 2.18. The van der Waals surface area contributed by atoms with Gasteiger partial charge in [0.1, 0.15) is 5.82 Å². The molecule has 25 heavy (non-hydrogen) atoms. The second kappa shape index (κ2) is 9.03. The van der Waals surface area contributed by atoms with E-state index in [0.29, 0.717) is 0 Å². The number of pyridine rings is 1. The fourth-order valence-electron chi connectivity index (χ4n) is 3.01. The average molecular weight is 451 g/mol. The highest BCUT2D eigenvalue weighted by Crippen LogP contribution is 2.18. The lowest BCUT2D eigenvalue weighted by atomic mass is 10.0. The average Bonchev–Trinajstić information content (AvgIpc) is 2.62. The molecule has 3 rings (SSSR count). The Bertz CT molecular complexity index is 729. The number of fused-ring (bicyclic) bond motifs is 1. The van der Waals surface area contributed by atoms with Crippen molar-refractivity contribution in [1.29, 1.82) is 0 Å². The summed E-state index contributed by atoms with van der Waals surface area (Å²) in [5.74, 6) is 1.92. The molecule has 5 nitrogen and oxygen atoms in total. The number of nitrogens with zero attached hydrogens (tertiary/aromatic N) is 4. The van der Waals surface area contributed by atoms with Gasteiger partial charge in [0.05, 0.1) is 0 Å². The zero-order valence-electron chi connectivity index (χ0n) is 15.1. The van der Waals surface area contributed by atoms with E-state index < -0.39 is 0 Å². The van der Waals surface area contributed by atoms with Gasteiger partial charge in [-0.25, -0.2) is 4.98 Å². The number of aliphatic imine (C=N–C) groups is 1. The lowest BCUT2D eigenvalue weighted by Gasteiger charge is -2.31. The number of anilines is 1. The Balaban J connectivity index is 0.00000225. The van der Waals surface area contributed by atoms with Gasteiger partial charge >= 0.3 is 0 Å².